The van der Waals surface area contributed by atoms with Gasteiger partial charge in [-0.3, -0.25) is 4.68 Å². The predicted molar refractivity (Wildman–Crippen MR) is 79.3 cm³/mol. The van der Waals surface area contributed by atoms with Gasteiger partial charge in [-0.05, 0) is 35.4 Å². The molecule has 1 fully saturated rings. The maximum Gasteiger partial charge on any atom is 0.227 e. The van der Waals surface area contributed by atoms with Gasteiger partial charge in [0.05, 0.1) is 17.9 Å². The van der Waals surface area contributed by atoms with E-state index in [9.17, 15) is 0 Å². The molecule has 0 spiro atoms. The lowest BCUT2D eigenvalue weighted by molar-refractivity contribution is 0.0662. The SMILES string of the molecule is Ic1cnc(Nc2cnn(C3CCOCC3)c2)nc1. The highest BCUT2D eigenvalue weighted by Crippen LogP contribution is 2.22. The van der Waals surface area contributed by atoms with Gasteiger partial charge in [0.25, 0.3) is 0 Å². The van der Waals surface area contributed by atoms with Gasteiger partial charge in [0, 0.05) is 35.4 Å². The third kappa shape index (κ3) is 3.21. The summed E-state index contributed by atoms with van der Waals surface area (Å²) in [6, 6.07) is 0.432. The van der Waals surface area contributed by atoms with Crippen molar-refractivity contribution >= 4 is 34.2 Å². The first-order chi connectivity index (χ1) is 9.31. The van der Waals surface area contributed by atoms with Gasteiger partial charge < -0.3 is 10.1 Å². The molecule has 0 amide bonds. The van der Waals surface area contributed by atoms with E-state index in [1.165, 1.54) is 0 Å². The Bertz CT molecular complexity index is 535. The molecule has 6 nitrogen and oxygen atoms in total. The van der Waals surface area contributed by atoms with E-state index in [1.807, 2.05) is 10.9 Å². The smallest absolute Gasteiger partial charge is 0.227 e. The van der Waals surface area contributed by atoms with E-state index in [0.717, 1.165) is 35.3 Å². The second kappa shape index (κ2) is 5.83. The molecule has 0 atom stereocenters. The first kappa shape index (κ1) is 12.8. The molecular formula is C12H14IN5O. The zero-order valence-corrected chi connectivity index (χ0v) is 12.4. The van der Waals surface area contributed by atoms with Crippen LogP contribution in [0.15, 0.2) is 24.8 Å². The van der Waals surface area contributed by atoms with Crippen LogP contribution in [0.3, 0.4) is 0 Å². The third-order valence-corrected chi connectivity index (χ3v) is 3.60. The van der Waals surface area contributed by atoms with Crippen LogP contribution in [0.2, 0.25) is 0 Å². The topological polar surface area (TPSA) is 64.9 Å². The van der Waals surface area contributed by atoms with Crippen molar-refractivity contribution in [3.05, 3.63) is 28.4 Å². The van der Waals surface area contributed by atoms with E-state index >= 15 is 0 Å². The Kier molecular flexibility index (Phi) is 3.92. The molecule has 7 heteroatoms. The largest absolute Gasteiger partial charge is 0.381 e. The van der Waals surface area contributed by atoms with Crippen LogP contribution in [-0.4, -0.2) is 33.0 Å². The van der Waals surface area contributed by atoms with Gasteiger partial charge in [-0.25, -0.2) is 9.97 Å². The molecule has 1 aliphatic rings. The molecule has 0 aliphatic carbocycles. The van der Waals surface area contributed by atoms with E-state index in [2.05, 4.69) is 43.0 Å². The average molecular weight is 371 g/mol. The Morgan fingerprint density at radius 2 is 1.95 bits per heavy atom. The molecule has 100 valence electrons. The quantitative estimate of drug-likeness (QED) is 0.840. The lowest BCUT2D eigenvalue weighted by Gasteiger charge is -2.22. The van der Waals surface area contributed by atoms with Crippen molar-refractivity contribution in [2.45, 2.75) is 18.9 Å². The van der Waals surface area contributed by atoms with Gasteiger partial charge in [0.1, 0.15) is 0 Å². The number of hydrogen-bond donors (Lipinski definition) is 1. The van der Waals surface area contributed by atoms with Crippen molar-refractivity contribution in [2.75, 3.05) is 18.5 Å². The van der Waals surface area contributed by atoms with Crippen LogP contribution >= 0.6 is 22.6 Å². The van der Waals surface area contributed by atoms with E-state index in [4.69, 9.17) is 4.74 Å². The molecule has 1 N–H and O–H groups in total. The van der Waals surface area contributed by atoms with Crippen LogP contribution in [0.1, 0.15) is 18.9 Å². The number of nitrogens with one attached hydrogen (secondary N) is 1. The summed E-state index contributed by atoms with van der Waals surface area (Å²) in [5.41, 5.74) is 0.910. The second-order valence-corrected chi connectivity index (χ2v) is 5.65. The van der Waals surface area contributed by atoms with Crippen molar-refractivity contribution in [1.82, 2.24) is 19.7 Å². The third-order valence-electron chi connectivity index (χ3n) is 3.04. The molecular weight excluding hydrogens is 357 g/mol. The predicted octanol–water partition coefficient (Wildman–Crippen LogP) is 2.37. The summed E-state index contributed by atoms with van der Waals surface area (Å²) in [6.07, 6.45) is 9.38. The van der Waals surface area contributed by atoms with Crippen LogP contribution < -0.4 is 5.32 Å². The highest BCUT2D eigenvalue weighted by Gasteiger charge is 2.16. The average Bonchev–Trinajstić information content (AvgIpc) is 2.91. The van der Waals surface area contributed by atoms with Crippen LogP contribution in [0.25, 0.3) is 0 Å². The Morgan fingerprint density at radius 3 is 2.68 bits per heavy atom. The standard InChI is InChI=1S/C12H14IN5O/c13-9-5-14-12(15-6-9)17-10-7-16-18(8-10)11-1-3-19-4-2-11/h5-8,11H,1-4H2,(H,14,15,17). The van der Waals surface area contributed by atoms with Crippen molar-refractivity contribution < 1.29 is 4.74 Å². The van der Waals surface area contributed by atoms with Crippen LogP contribution in [-0.2, 0) is 4.74 Å². The van der Waals surface area contributed by atoms with E-state index < -0.39 is 0 Å². The lowest BCUT2D eigenvalue weighted by Crippen LogP contribution is -2.19. The fourth-order valence-corrected chi connectivity index (χ4v) is 2.34. The highest BCUT2D eigenvalue weighted by atomic mass is 127. The number of halogens is 1. The summed E-state index contributed by atoms with van der Waals surface area (Å²) in [5.74, 6) is 0.590. The Labute approximate surface area is 124 Å². The summed E-state index contributed by atoms with van der Waals surface area (Å²) in [6.45, 7) is 1.63. The molecule has 3 heterocycles. The van der Waals surface area contributed by atoms with E-state index in [-0.39, 0.29) is 0 Å². The number of aromatic nitrogens is 4. The zero-order valence-electron chi connectivity index (χ0n) is 10.3. The Balaban J connectivity index is 1.68. The summed E-state index contributed by atoms with van der Waals surface area (Å²) in [4.78, 5) is 8.42. The fourth-order valence-electron chi connectivity index (χ4n) is 2.06. The molecule has 0 radical (unpaired) electrons. The summed E-state index contributed by atoms with van der Waals surface area (Å²) >= 11 is 2.18. The summed E-state index contributed by atoms with van der Waals surface area (Å²) < 4.78 is 8.37. The molecule has 3 rings (SSSR count). The summed E-state index contributed by atoms with van der Waals surface area (Å²) in [5, 5.41) is 7.55. The number of nitrogens with zero attached hydrogens (tertiary/aromatic N) is 4. The zero-order chi connectivity index (χ0) is 13.1. The molecule has 0 saturated carbocycles. The first-order valence-corrected chi connectivity index (χ1v) is 7.25. The monoisotopic (exact) mass is 371 g/mol. The van der Waals surface area contributed by atoms with Gasteiger partial charge in [-0.1, -0.05) is 0 Å². The van der Waals surface area contributed by atoms with Gasteiger partial charge in [-0.15, -0.1) is 0 Å². The normalized spacial score (nSPS) is 16.5. The fraction of sp³-hybridized carbons (Fsp3) is 0.417. The second-order valence-electron chi connectivity index (χ2n) is 4.40. The highest BCUT2D eigenvalue weighted by molar-refractivity contribution is 14.1. The molecule has 0 aromatic carbocycles. The minimum absolute atomic E-state index is 0.432. The molecule has 19 heavy (non-hydrogen) atoms. The van der Waals surface area contributed by atoms with Gasteiger partial charge in [-0.2, -0.15) is 5.10 Å². The maximum atomic E-state index is 5.36. The number of hydrogen-bond acceptors (Lipinski definition) is 5. The molecule has 2 aromatic heterocycles. The maximum absolute atomic E-state index is 5.36. The molecule has 0 bridgehead atoms. The van der Waals surface area contributed by atoms with Crippen LogP contribution in [0.5, 0.6) is 0 Å². The minimum atomic E-state index is 0.432. The number of ether oxygens (including phenoxy) is 1. The van der Waals surface area contributed by atoms with Crippen molar-refractivity contribution in [1.29, 1.82) is 0 Å². The molecule has 1 aliphatic heterocycles. The minimum Gasteiger partial charge on any atom is -0.381 e. The number of rotatable bonds is 3. The Morgan fingerprint density at radius 1 is 1.21 bits per heavy atom. The van der Waals surface area contributed by atoms with Crippen molar-refractivity contribution in [3.8, 4) is 0 Å². The summed E-state index contributed by atoms with van der Waals surface area (Å²) in [7, 11) is 0. The van der Waals surface area contributed by atoms with Crippen LogP contribution in [0, 0.1) is 3.57 Å². The van der Waals surface area contributed by atoms with Gasteiger partial charge in [0.2, 0.25) is 5.95 Å². The first-order valence-electron chi connectivity index (χ1n) is 6.18. The molecule has 0 unspecified atom stereocenters. The number of anilines is 2. The van der Waals surface area contributed by atoms with Crippen molar-refractivity contribution in [3.63, 3.8) is 0 Å². The lowest BCUT2D eigenvalue weighted by atomic mass is 10.1. The molecule has 2 aromatic rings. The van der Waals surface area contributed by atoms with Crippen LogP contribution in [0.4, 0.5) is 11.6 Å². The van der Waals surface area contributed by atoms with E-state index in [1.54, 1.807) is 18.6 Å². The Hall–Kier alpha value is -1.22. The molecule has 1 saturated heterocycles. The van der Waals surface area contributed by atoms with Gasteiger partial charge >= 0.3 is 0 Å². The van der Waals surface area contributed by atoms with Crippen molar-refractivity contribution in [2.24, 2.45) is 0 Å². The van der Waals surface area contributed by atoms with E-state index in [0.29, 0.717) is 12.0 Å². The van der Waals surface area contributed by atoms with Gasteiger partial charge in [0.15, 0.2) is 0 Å².